The quantitative estimate of drug-likeness (QED) is 0.873. The summed E-state index contributed by atoms with van der Waals surface area (Å²) in [5.41, 5.74) is 2.77. The van der Waals surface area contributed by atoms with Crippen LogP contribution in [-0.4, -0.2) is 11.8 Å². The second-order valence-electron chi connectivity index (χ2n) is 6.57. The van der Waals surface area contributed by atoms with E-state index in [1.54, 1.807) is 0 Å². The highest BCUT2D eigenvalue weighted by molar-refractivity contribution is 6.03. The number of hydrogen-bond donors (Lipinski definition) is 2. The first-order valence-electron chi connectivity index (χ1n) is 8.31. The Morgan fingerprint density at radius 3 is 1.83 bits per heavy atom. The number of benzene rings is 2. The molecule has 2 aromatic rings. The van der Waals surface area contributed by atoms with E-state index in [1.807, 2.05) is 54.6 Å². The molecular weight excluding hydrogens is 300 g/mol. The fraction of sp³-hybridized carbons (Fsp3) is 0.300. The van der Waals surface area contributed by atoms with E-state index in [0.29, 0.717) is 12.3 Å². The summed E-state index contributed by atoms with van der Waals surface area (Å²) < 4.78 is 0. The number of carbonyl (C=O) groups is 2. The molecule has 4 heteroatoms. The lowest BCUT2D eigenvalue weighted by Gasteiger charge is -2.08. The Kier molecular flexibility index (Phi) is 4.65. The molecule has 3 rings (SSSR count). The predicted molar refractivity (Wildman–Crippen MR) is 95.8 cm³/mol. The Bertz CT molecular complexity index is 723. The number of nitrogens with one attached hydrogen (secondary N) is 2. The summed E-state index contributed by atoms with van der Waals surface area (Å²) in [7, 11) is 0. The first kappa shape index (κ1) is 16.2. The van der Waals surface area contributed by atoms with Gasteiger partial charge in [-0.1, -0.05) is 44.2 Å². The highest BCUT2D eigenvalue weighted by Crippen LogP contribution is 2.40. The number of rotatable bonds is 5. The van der Waals surface area contributed by atoms with Gasteiger partial charge in [-0.3, -0.25) is 9.59 Å². The van der Waals surface area contributed by atoms with Crippen molar-refractivity contribution in [3.8, 4) is 0 Å². The average molecular weight is 322 g/mol. The minimum absolute atomic E-state index is 0.0829. The minimum Gasteiger partial charge on any atom is -0.326 e. The first-order valence-corrected chi connectivity index (χ1v) is 8.31. The maximum atomic E-state index is 12.3. The van der Waals surface area contributed by atoms with Crippen LogP contribution in [0.25, 0.3) is 0 Å². The smallest absolute Gasteiger partial charge is 0.228 e. The van der Waals surface area contributed by atoms with Gasteiger partial charge in [-0.2, -0.15) is 0 Å². The Balaban J connectivity index is 1.53. The van der Waals surface area contributed by atoms with Crippen LogP contribution in [0, 0.1) is 11.8 Å². The van der Waals surface area contributed by atoms with Crippen molar-refractivity contribution in [2.24, 2.45) is 11.8 Å². The van der Waals surface area contributed by atoms with Gasteiger partial charge in [0.05, 0.1) is 11.8 Å². The van der Waals surface area contributed by atoms with E-state index < -0.39 is 0 Å². The normalized spacial score (nSPS) is 19.0. The van der Waals surface area contributed by atoms with Gasteiger partial charge in [-0.05, 0) is 42.2 Å². The van der Waals surface area contributed by atoms with Crippen molar-refractivity contribution in [2.75, 3.05) is 10.6 Å². The van der Waals surface area contributed by atoms with Crippen molar-refractivity contribution < 1.29 is 9.59 Å². The molecule has 0 heterocycles. The molecule has 0 aromatic heterocycles. The molecule has 0 saturated heterocycles. The second-order valence-corrected chi connectivity index (χ2v) is 6.57. The zero-order valence-corrected chi connectivity index (χ0v) is 14.0. The topological polar surface area (TPSA) is 58.2 Å². The molecule has 124 valence electrons. The van der Waals surface area contributed by atoms with Gasteiger partial charge in [0.25, 0.3) is 0 Å². The SMILES string of the molecule is CC(C)c1ccc(NC(=O)C2CC2C(=O)Nc2ccccc2)cc1. The van der Waals surface area contributed by atoms with Crippen LogP contribution in [0.5, 0.6) is 0 Å². The van der Waals surface area contributed by atoms with Gasteiger partial charge in [-0.25, -0.2) is 0 Å². The number of carbonyl (C=O) groups excluding carboxylic acids is 2. The maximum Gasteiger partial charge on any atom is 0.228 e. The van der Waals surface area contributed by atoms with Crippen LogP contribution >= 0.6 is 0 Å². The Labute approximate surface area is 142 Å². The van der Waals surface area contributed by atoms with Crippen LogP contribution in [0.1, 0.15) is 31.7 Å². The van der Waals surface area contributed by atoms with E-state index in [0.717, 1.165) is 11.4 Å². The fourth-order valence-electron chi connectivity index (χ4n) is 2.72. The number of amides is 2. The Hall–Kier alpha value is -2.62. The highest BCUT2D eigenvalue weighted by atomic mass is 16.2. The van der Waals surface area contributed by atoms with Crippen molar-refractivity contribution in [2.45, 2.75) is 26.2 Å². The summed E-state index contributed by atoms with van der Waals surface area (Å²) in [5.74, 6) is -0.181. The summed E-state index contributed by atoms with van der Waals surface area (Å²) in [6.45, 7) is 4.27. The molecule has 24 heavy (non-hydrogen) atoms. The molecule has 4 nitrogen and oxygen atoms in total. The molecule has 1 aliphatic rings. The molecule has 1 fully saturated rings. The summed E-state index contributed by atoms with van der Waals surface area (Å²) in [4.78, 5) is 24.4. The lowest BCUT2D eigenvalue weighted by Crippen LogP contribution is -2.20. The van der Waals surface area contributed by atoms with Gasteiger partial charge in [0.15, 0.2) is 0 Å². The third kappa shape index (κ3) is 3.82. The molecule has 1 aliphatic carbocycles. The van der Waals surface area contributed by atoms with Gasteiger partial charge < -0.3 is 10.6 Å². The van der Waals surface area contributed by atoms with Crippen LogP contribution in [0.2, 0.25) is 0 Å². The molecule has 2 atom stereocenters. The summed E-state index contributed by atoms with van der Waals surface area (Å²) in [6.07, 6.45) is 0.606. The second kappa shape index (κ2) is 6.87. The van der Waals surface area contributed by atoms with Crippen molar-refractivity contribution in [1.82, 2.24) is 0 Å². The Morgan fingerprint density at radius 1 is 0.833 bits per heavy atom. The molecule has 0 aliphatic heterocycles. The van der Waals surface area contributed by atoms with E-state index in [9.17, 15) is 9.59 Å². The molecular formula is C20H22N2O2. The molecule has 1 saturated carbocycles. The minimum atomic E-state index is -0.238. The molecule has 0 bridgehead atoms. The monoisotopic (exact) mass is 322 g/mol. The van der Waals surface area contributed by atoms with E-state index in [4.69, 9.17) is 0 Å². The summed E-state index contributed by atoms with van der Waals surface area (Å²) in [5, 5.41) is 5.75. The number of anilines is 2. The van der Waals surface area contributed by atoms with Crippen molar-refractivity contribution in [3.63, 3.8) is 0 Å². The zero-order valence-electron chi connectivity index (χ0n) is 14.0. The molecule has 2 amide bonds. The lowest BCUT2D eigenvalue weighted by atomic mass is 10.0. The fourth-order valence-corrected chi connectivity index (χ4v) is 2.72. The van der Waals surface area contributed by atoms with Gasteiger partial charge >= 0.3 is 0 Å². The largest absolute Gasteiger partial charge is 0.326 e. The van der Waals surface area contributed by atoms with Crippen LogP contribution in [0.15, 0.2) is 54.6 Å². The van der Waals surface area contributed by atoms with Crippen LogP contribution < -0.4 is 10.6 Å². The van der Waals surface area contributed by atoms with Crippen LogP contribution in [0.4, 0.5) is 11.4 Å². The van der Waals surface area contributed by atoms with E-state index >= 15 is 0 Å². The van der Waals surface area contributed by atoms with Crippen LogP contribution in [-0.2, 0) is 9.59 Å². The van der Waals surface area contributed by atoms with Gasteiger partial charge in [-0.15, -0.1) is 0 Å². The molecule has 2 N–H and O–H groups in total. The van der Waals surface area contributed by atoms with Crippen molar-refractivity contribution >= 4 is 23.2 Å². The summed E-state index contributed by atoms with van der Waals surface area (Å²) in [6, 6.07) is 17.2. The maximum absolute atomic E-state index is 12.3. The van der Waals surface area contributed by atoms with Crippen molar-refractivity contribution in [1.29, 1.82) is 0 Å². The molecule has 2 unspecified atom stereocenters. The van der Waals surface area contributed by atoms with Gasteiger partial charge in [0.2, 0.25) is 11.8 Å². The highest BCUT2D eigenvalue weighted by Gasteiger charge is 2.48. The third-order valence-corrected chi connectivity index (χ3v) is 4.35. The number of hydrogen-bond acceptors (Lipinski definition) is 2. The Morgan fingerprint density at radius 2 is 1.33 bits per heavy atom. The third-order valence-electron chi connectivity index (χ3n) is 4.35. The van der Waals surface area contributed by atoms with E-state index in [2.05, 4.69) is 24.5 Å². The van der Waals surface area contributed by atoms with Gasteiger partial charge in [0.1, 0.15) is 0 Å². The predicted octanol–water partition coefficient (Wildman–Crippen LogP) is 4.02. The van der Waals surface area contributed by atoms with Crippen molar-refractivity contribution in [3.05, 3.63) is 60.2 Å². The zero-order chi connectivity index (χ0) is 17.1. The molecule has 2 aromatic carbocycles. The first-order chi connectivity index (χ1) is 11.5. The standard InChI is InChI=1S/C20H22N2O2/c1-13(2)14-8-10-16(11-9-14)22-20(24)18-12-17(18)19(23)21-15-6-4-3-5-7-15/h3-11,13,17-18H,12H2,1-2H3,(H,21,23)(H,22,24). The molecule has 0 spiro atoms. The van der Waals surface area contributed by atoms with E-state index in [-0.39, 0.29) is 23.7 Å². The average Bonchev–Trinajstić information content (AvgIpc) is 3.37. The number of para-hydroxylation sites is 1. The van der Waals surface area contributed by atoms with Gasteiger partial charge in [0, 0.05) is 11.4 Å². The lowest BCUT2D eigenvalue weighted by molar-refractivity contribution is -0.122. The van der Waals surface area contributed by atoms with E-state index in [1.165, 1.54) is 5.56 Å². The van der Waals surface area contributed by atoms with Crippen LogP contribution in [0.3, 0.4) is 0 Å². The summed E-state index contributed by atoms with van der Waals surface area (Å²) >= 11 is 0. The molecule has 0 radical (unpaired) electrons.